The highest BCUT2D eigenvalue weighted by molar-refractivity contribution is 6.64. The topological polar surface area (TPSA) is 17.1 Å². The van der Waals surface area contributed by atoms with Crippen LogP contribution in [0.4, 0.5) is 0 Å². The average molecular weight is 181 g/mol. The zero-order chi connectivity index (χ0) is 8.55. The highest BCUT2D eigenvalue weighted by Gasteiger charge is 2.42. The van der Waals surface area contributed by atoms with Gasteiger partial charge in [-0.15, -0.1) is 0 Å². The van der Waals surface area contributed by atoms with Gasteiger partial charge in [0.05, 0.1) is 0 Å². The van der Waals surface area contributed by atoms with Crippen molar-refractivity contribution in [3.8, 4) is 0 Å². The van der Waals surface area contributed by atoms with Crippen LogP contribution in [0.3, 0.4) is 0 Å². The summed E-state index contributed by atoms with van der Waals surface area (Å²) >= 11 is 5.38. The van der Waals surface area contributed by atoms with Crippen molar-refractivity contribution in [2.24, 2.45) is 5.92 Å². The van der Waals surface area contributed by atoms with Crippen LogP contribution in [0, 0.1) is 5.92 Å². The number of benzene rings is 1. The Bertz CT molecular complexity index is 294. The first kappa shape index (κ1) is 7.81. The van der Waals surface area contributed by atoms with Crippen LogP contribution >= 0.6 is 11.6 Å². The van der Waals surface area contributed by atoms with E-state index >= 15 is 0 Å². The van der Waals surface area contributed by atoms with Gasteiger partial charge in [-0.05, 0) is 29.5 Å². The molecule has 0 amide bonds. The van der Waals surface area contributed by atoms with Gasteiger partial charge < -0.3 is 0 Å². The minimum Gasteiger partial charge on any atom is -0.281 e. The fourth-order valence-corrected chi connectivity index (χ4v) is 1.76. The van der Waals surface area contributed by atoms with E-state index < -0.39 is 0 Å². The second kappa shape index (κ2) is 2.91. The maximum Gasteiger partial charge on any atom is 0.225 e. The standard InChI is InChI=1S/C10H9ClO/c11-10(12)9-6-8(9)7-4-2-1-3-5-7/h1-5,8-9H,6H2/t8-,9-/m0/s1. The van der Waals surface area contributed by atoms with Crippen molar-refractivity contribution in [3.63, 3.8) is 0 Å². The van der Waals surface area contributed by atoms with Gasteiger partial charge in [-0.3, -0.25) is 4.79 Å². The van der Waals surface area contributed by atoms with Gasteiger partial charge in [-0.1, -0.05) is 30.3 Å². The van der Waals surface area contributed by atoms with E-state index in [4.69, 9.17) is 11.6 Å². The molecule has 1 nitrogen and oxygen atoms in total. The summed E-state index contributed by atoms with van der Waals surface area (Å²) in [5.41, 5.74) is 1.23. The SMILES string of the molecule is O=C(Cl)[C@H]1C[C@H]1c1ccccc1. The smallest absolute Gasteiger partial charge is 0.225 e. The zero-order valence-electron chi connectivity index (χ0n) is 6.53. The molecule has 1 aromatic carbocycles. The predicted octanol–water partition coefficient (Wildman–Crippen LogP) is 2.56. The van der Waals surface area contributed by atoms with E-state index in [-0.39, 0.29) is 11.2 Å². The second-order valence-corrected chi connectivity index (χ2v) is 3.54. The molecule has 62 valence electrons. The fourth-order valence-electron chi connectivity index (χ4n) is 1.51. The van der Waals surface area contributed by atoms with Crippen molar-refractivity contribution in [3.05, 3.63) is 35.9 Å². The summed E-state index contributed by atoms with van der Waals surface area (Å²) in [5.74, 6) is 0.463. The first-order chi connectivity index (χ1) is 5.79. The van der Waals surface area contributed by atoms with Crippen molar-refractivity contribution in [2.45, 2.75) is 12.3 Å². The molecule has 1 aliphatic carbocycles. The maximum atomic E-state index is 10.8. The van der Waals surface area contributed by atoms with Gasteiger partial charge in [0.1, 0.15) is 0 Å². The lowest BCUT2D eigenvalue weighted by molar-refractivity contribution is -0.112. The van der Waals surface area contributed by atoms with Gasteiger partial charge in [-0.2, -0.15) is 0 Å². The number of hydrogen-bond donors (Lipinski definition) is 0. The predicted molar refractivity (Wildman–Crippen MR) is 48.2 cm³/mol. The Morgan fingerprint density at radius 1 is 1.33 bits per heavy atom. The fraction of sp³-hybridized carbons (Fsp3) is 0.300. The number of halogens is 1. The zero-order valence-corrected chi connectivity index (χ0v) is 7.29. The maximum absolute atomic E-state index is 10.8. The van der Waals surface area contributed by atoms with Crippen LogP contribution in [0.2, 0.25) is 0 Å². The largest absolute Gasteiger partial charge is 0.281 e. The summed E-state index contributed by atoms with van der Waals surface area (Å²) in [7, 11) is 0. The lowest BCUT2D eigenvalue weighted by Crippen LogP contribution is -1.90. The van der Waals surface area contributed by atoms with Crippen LogP contribution in [0.25, 0.3) is 0 Å². The summed E-state index contributed by atoms with van der Waals surface area (Å²) in [6, 6.07) is 10.0. The van der Waals surface area contributed by atoms with E-state index in [0.717, 1.165) is 6.42 Å². The minimum atomic E-state index is -0.191. The number of carbonyl (C=O) groups excluding carboxylic acids is 1. The van der Waals surface area contributed by atoms with E-state index in [1.54, 1.807) is 0 Å². The summed E-state index contributed by atoms with van der Waals surface area (Å²) in [5, 5.41) is -0.191. The third-order valence-corrected chi connectivity index (χ3v) is 2.59. The van der Waals surface area contributed by atoms with Crippen LogP contribution in [-0.2, 0) is 4.79 Å². The number of rotatable bonds is 2. The Kier molecular flexibility index (Phi) is 1.89. The molecule has 0 radical (unpaired) electrons. The first-order valence-electron chi connectivity index (χ1n) is 4.03. The van der Waals surface area contributed by atoms with Crippen molar-refractivity contribution in [1.29, 1.82) is 0 Å². The number of carbonyl (C=O) groups is 1. The van der Waals surface area contributed by atoms with E-state index in [0.29, 0.717) is 5.92 Å². The van der Waals surface area contributed by atoms with Crippen molar-refractivity contribution in [2.75, 3.05) is 0 Å². The molecule has 0 spiro atoms. The molecule has 0 heterocycles. The monoisotopic (exact) mass is 180 g/mol. The Morgan fingerprint density at radius 3 is 2.50 bits per heavy atom. The number of hydrogen-bond acceptors (Lipinski definition) is 1. The minimum absolute atomic E-state index is 0.0778. The molecule has 2 heteroatoms. The van der Waals surface area contributed by atoms with E-state index in [1.807, 2.05) is 30.3 Å². The molecule has 1 aliphatic rings. The molecular formula is C10H9ClO. The van der Waals surface area contributed by atoms with E-state index in [2.05, 4.69) is 0 Å². The van der Waals surface area contributed by atoms with Gasteiger partial charge in [0.15, 0.2) is 0 Å². The molecule has 1 saturated carbocycles. The van der Waals surface area contributed by atoms with Gasteiger partial charge >= 0.3 is 0 Å². The molecule has 1 aromatic rings. The van der Waals surface area contributed by atoms with Gasteiger partial charge in [0.25, 0.3) is 0 Å². The molecule has 2 atom stereocenters. The molecule has 1 fully saturated rings. The molecular weight excluding hydrogens is 172 g/mol. The van der Waals surface area contributed by atoms with Crippen molar-refractivity contribution in [1.82, 2.24) is 0 Å². The molecule has 2 rings (SSSR count). The van der Waals surface area contributed by atoms with Crippen LogP contribution in [0.15, 0.2) is 30.3 Å². The van der Waals surface area contributed by atoms with Crippen molar-refractivity contribution >= 4 is 16.8 Å². The summed E-state index contributed by atoms with van der Waals surface area (Å²) in [6.45, 7) is 0. The molecule has 0 aromatic heterocycles. The Labute approximate surface area is 76.4 Å². The highest BCUT2D eigenvalue weighted by atomic mass is 35.5. The van der Waals surface area contributed by atoms with Crippen molar-refractivity contribution < 1.29 is 4.79 Å². The lowest BCUT2D eigenvalue weighted by Gasteiger charge is -1.95. The molecule has 0 bridgehead atoms. The van der Waals surface area contributed by atoms with E-state index in [1.165, 1.54) is 5.56 Å². The second-order valence-electron chi connectivity index (χ2n) is 3.16. The van der Waals surface area contributed by atoms with E-state index in [9.17, 15) is 4.79 Å². The quantitative estimate of drug-likeness (QED) is 0.640. The van der Waals surface area contributed by atoms with Crippen LogP contribution < -0.4 is 0 Å². The lowest BCUT2D eigenvalue weighted by atomic mass is 10.1. The summed E-state index contributed by atoms with van der Waals surface area (Å²) in [6.07, 6.45) is 0.923. The van der Waals surface area contributed by atoms with Gasteiger partial charge in [0, 0.05) is 5.92 Å². The normalized spacial score (nSPS) is 26.8. The van der Waals surface area contributed by atoms with Crippen LogP contribution in [0.5, 0.6) is 0 Å². The Morgan fingerprint density at radius 2 is 2.00 bits per heavy atom. The molecule has 12 heavy (non-hydrogen) atoms. The first-order valence-corrected chi connectivity index (χ1v) is 4.41. The Balaban J connectivity index is 2.11. The molecule has 0 aliphatic heterocycles. The van der Waals surface area contributed by atoms with Gasteiger partial charge in [0.2, 0.25) is 5.24 Å². The Hall–Kier alpha value is -0.820. The third-order valence-electron chi connectivity index (χ3n) is 2.31. The summed E-state index contributed by atoms with van der Waals surface area (Å²) < 4.78 is 0. The molecule has 0 saturated heterocycles. The average Bonchev–Trinajstić information content (AvgIpc) is 2.84. The van der Waals surface area contributed by atoms with Crippen LogP contribution in [0.1, 0.15) is 17.9 Å². The van der Waals surface area contributed by atoms with Crippen LogP contribution in [-0.4, -0.2) is 5.24 Å². The molecule has 0 N–H and O–H groups in total. The van der Waals surface area contributed by atoms with Gasteiger partial charge in [-0.25, -0.2) is 0 Å². The summed E-state index contributed by atoms with van der Waals surface area (Å²) in [4.78, 5) is 10.8. The molecule has 0 unspecified atom stereocenters. The highest BCUT2D eigenvalue weighted by Crippen LogP contribution is 2.48. The third kappa shape index (κ3) is 1.37.